The van der Waals surface area contributed by atoms with Gasteiger partial charge >= 0.3 is 0 Å². The molecule has 8 rings (SSSR count). The molecule has 4 amide bonds. The molecule has 8 nitrogen and oxygen atoms in total. The second-order valence-corrected chi connectivity index (χ2v) is 14.3. The Morgan fingerprint density at radius 1 is 0.780 bits per heavy atom. The minimum Gasteiger partial charge on any atom is -0.508 e. The van der Waals surface area contributed by atoms with Gasteiger partial charge in [-0.3, -0.25) is 29.5 Å². The minimum absolute atomic E-state index is 0.0709. The predicted octanol–water partition coefficient (Wildman–Crippen LogP) is 7.68. The smallest absolute Gasteiger partial charge is 0.260 e. The summed E-state index contributed by atoms with van der Waals surface area (Å²) in [4.78, 5) is 59.3. The lowest BCUT2D eigenvalue weighted by atomic mass is 9.49. The van der Waals surface area contributed by atoms with Gasteiger partial charge in [-0.25, -0.2) is 4.39 Å². The maximum Gasteiger partial charge on any atom is 0.260 e. The van der Waals surface area contributed by atoms with Gasteiger partial charge in [0.25, 0.3) is 11.8 Å². The summed E-state index contributed by atoms with van der Waals surface area (Å²) in [6, 6.07) is 22.9. The van der Waals surface area contributed by atoms with Crippen LogP contribution in [0.15, 0.2) is 103 Å². The summed E-state index contributed by atoms with van der Waals surface area (Å²) in [5.74, 6) is -6.52. The van der Waals surface area contributed by atoms with Crippen LogP contribution >= 0.6 is 34.8 Å². The van der Waals surface area contributed by atoms with Gasteiger partial charge in [0.2, 0.25) is 11.8 Å². The molecule has 2 aliphatic carbocycles. The zero-order valence-electron chi connectivity index (χ0n) is 26.0. The molecular formula is C38H27Cl3FN3O5. The number of halogens is 4. The van der Waals surface area contributed by atoms with E-state index in [1.165, 1.54) is 41.3 Å². The number of nitrogens with one attached hydrogen (secondary N) is 1. The highest BCUT2D eigenvalue weighted by Gasteiger charge is 2.70. The van der Waals surface area contributed by atoms with E-state index < -0.39 is 58.5 Å². The van der Waals surface area contributed by atoms with Crippen molar-refractivity contribution < 1.29 is 28.7 Å². The molecule has 0 bridgehead atoms. The second-order valence-electron chi connectivity index (χ2n) is 13.1. The highest BCUT2D eigenvalue weighted by molar-refractivity contribution is 6.32. The van der Waals surface area contributed by atoms with Crippen molar-refractivity contribution in [3.8, 4) is 5.75 Å². The van der Waals surface area contributed by atoms with Gasteiger partial charge in [-0.15, -0.1) is 0 Å². The number of hydrogen-bond donors (Lipinski definition) is 2. The first-order valence-corrected chi connectivity index (χ1v) is 17.1. The molecule has 0 aromatic heterocycles. The molecule has 1 saturated carbocycles. The number of fused-ring (bicyclic) bond motifs is 4. The Morgan fingerprint density at radius 2 is 1.44 bits per heavy atom. The monoisotopic (exact) mass is 729 g/mol. The molecule has 2 heterocycles. The number of hydrazine groups is 1. The fourth-order valence-electron chi connectivity index (χ4n) is 8.59. The topological polar surface area (TPSA) is 107 Å². The average Bonchev–Trinajstić information content (AvgIpc) is 3.47. The van der Waals surface area contributed by atoms with Crippen LogP contribution in [0.2, 0.25) is 15.1 Å². The lowest BCUT2D eigenvalue weighted by Crippen LogP contribution is -2.53. The summed E-state index contributed by atoms with van der Waals surface area (Å²) in [5, 5.41) is 12.4. The second kappa shape index (κ2) is 12.0. The summed E-state index contributed by atoms with van der Waals surface area (Å²) in [5.41, 5.74) is 3.70. The number of aromatic hydroxyl groups is 1. The molecule has 0 spiro atoms. The van der Waals surface area contributed by atoms with Crippen molar-refractivity contribution in [1.29, 1.82) is 0 Å². The first-order chi connectivity index (χ1) is 24.0. The number of phenolic OH excluding ortho intramolecular Hbond substituents is 1. The van der Waals surface area contributed by atoms with E-state index in [1.54, 1.807) is 54.6 Å². The van der Waals surface area contributed by atoms with Crippen LogP contribution in [0, 0.1) is 29.5 Å². The van der Waals surface area contributed by atoms with Crippen LogP contribution in [0.5, 0.6) is 5.75 Å². The Balaban J connectivity index is 1.33. The van der Waals surface area contributed by atoms with Gasteiger partial charge < -0.3 is 5.11 Å². The van der Waals surface area contributed by atoms with Gasteiger partial charge in [-0.2, -0.15) is 5.01 Å². The van der Waals surface area contributed by atoms with E-state index in [-0.39, 0.29) is 29.5 Å². The van der Waals surface area contributed by atoms with Gasteiger partial charge in [-0.05, 0) is 103 Å². The molecule has 2 N–H and O–H groups in total. The zero-order valence-corrected chi connectivity index (χ0v) is 28.3. The molecule has 4 aromatic rings. The molecule has 4 aliphatic rings. The Bertz CT molecular complexity index is 2130. The third-order valence-electron chi connectivity index (χ3n) is 10.6. The van der Waals surface area contributed by atoms with Crippen molar-refractivity contribution in [2.24, 2.45) is 23.7 Å². The van der Waals surface area contributed by atoms with Gasteiger partial charge in [0.15, 0.2) is 0 Å². The van der Waals surface area contributed by atoms with Gasteiger partial charge in [0, 0.05) is 21.0 Å². The number of amides is 4. The number of benzene rings is 4. The van der Waals surface area contributed by atoms with Crippen LogP contribution in [0.3, 0.4) is 0 Å². The lowest BCUT2D eigenvalue weighted by Gasteiger charge is -2.50. The number of carbonyl (C=O) groups excluding carboxylic acids is 4. The number of hydrogen-bond acceptors (Lipinski definition) is 6. The summed E-state index contributed by atoms with van der Waals surface area (Å²) in [7, 11) is 0. The molecule has 6 atom stereocenters. The molecule has 4 aromatic carbocycles. The van der Waals surface area contributed by atoms with Crippen LogP contribution in [0.1, 0.15) is 29.9 Å². The molecule has 50 heavy (non-hydrogen) atoms. The molecule has 0 radical (unpaired) electrons. The molecule has 6 unspecified atom stereocenters. The van der Waals surface area contributed by atoms with Crippen molar-refractivity contribution in [3.05, 3.63) is 135 Å². The predicted molar refractivity (Wildman–Crippen MR) is 186 cm³/mol. The number of allylic oxidation sites excluding steroid dienone is 2. The number of carbonyl (C=O) groups is 4. The van der Waals surface area contributed by atoms with E-state index in [2.05, 4.69) is 5.43 Å². The third-order valence-corrected chi connectivity index (χ3v) is 11.5. The van der Waals surface area contributed by atoms with Crippen LogP contribution in [0.4, 0.5) is 15.8 Å². The molecular weight excluding hydrogens is 704 g/mol. The van der Waals surface area contributed by atoms with Crippen molar-refractivity contribution in [2.45, 2.75) is 24.2 Å². The number of phenols is 1. The van der Waals surface area contributed by atoms with Crippen LogP contribution in [-0.2, 0) is 24.6 Å². The van der Waals surface area contributed by atoms with Crippen LogP contribution in [0.25, 0.3) is 0 Å². The van der Waals surface area contributed by atoms with Gasteiger partial charge in [0.1, 0.15) is 11.6 Å². The van der Waals surface area contributed by atoms with Crippen molar-refractivity contribution >= 4 is 69.8 Å². The largest absolute Gasteiger partial charge is 0.508 e. The lowest BCUT2D eigenvalue weighted by molar-refractivity contribution is -0.138. The van der Waals surface area contributed by atoms with Crippen LogP contribution < -0.4 is 10.3 Å². The summed E-state index contributed by atoms with van der Waals surface area (Å²) < 4.78 is 13.8. The normalized spacial score (nSPS) is 27.2. The van der Waals surface area contributed by atoms with Gasteiger partial charge in [0.05, 0.1) is 34.5 Å². The molecule has 3 fully saturated rings. The standard InChI is InChI=1S/C38H27Cl3FN3O5/c39-20-3-1-19(2-4-20)38-30(35(48)45(37(38)50)43-23-9-7-22(42)8-10-23)18-29-26(33(38)27-14-13-25(46)17-31(27)41)15-16-28-32(29)36(49)44(34(28)47)24-11-5-21(40)6-12-24/h1-15,17,28-30,32-33,43,46H,16,18H2. The molecule has 12 heteroatoms. The quantitative estimate of drug-likeness (QED) is 0.161. The highest BCUT2D eigenvalue weighted by atomic mass is 35.5. The fraction of sp³-hybridized carbons (Fsp3) is 0.211. The fourth-order valence-corrected chi connectivity index (χ4v) is 9.13. The van der Waals surface area contributed by atoms with E-state index >= 15 is 4.79 Å². The third kappa shape index (κ3) is 4.78. The highest BCUT2D eigenvalue weighted by Crippen LogP contribution is 2.65. The van der Waals surface area contributed by atoms with Crippen molar-refractivity contribution in [3.63, 3.8) is 0 Å². The molecule has 2 aliphatic heterocycles. The first-order valence-electron chi connectivity index (χ1n) is 16.0. The Labute approximate surface area is 301 Å². The Hall–Kier alpha value is -4.70. The zero-order chi connectivity index (χ0) is 35.1. The molecule has 252 valence electrons. The summed E-state index contributed by atoms with van der Waals surface area (Å²) in [6.07, 6.45) is 2.21. The van der Waals surface area contributed by atoms with Crippen LogP contribution in [-0.4, -0.2) is 33.7 Å². The summed E-state index contributed by atoms with van der Waals surface area (Å²) >= 11 is 19.3. The van der Waals surface area contributed by atoms with E-state index in [1.807, 2.05) is 6.08 Å². The summed E-state index contributed by atoms with van der Waals surface area (Å²) in [6.45, 7) is 0. The number of imide groups is 2. The number of nitrogens with zero attached hydrogens (tertiary/aromatic N) is 2. The Morgan fingerprint density at radius 3 is 2.10 bits per heavy atom. The van der Waals surface area contributed by atoms with E-state index in [0.29, 0.717) is 38.1 Å². The minimum atomic E-state index is -1.59. The maximum atomic E-state index is 15.1. The van der Waals surface area contributed by atoms with E-state index in [0.717, 1.165) is 5.01 Å². The maximum absolute atomic E-state index is 15.1. The van der Waals surface area contributed by atoms with Gasteiger partial charge in [-0.1, -0.05) is 64.7 Å². The number of anilines is 2. The first kappa shape index (κ1) is 32.5. The van der Waals surface area contributed by atoms with E-state index in [4.69, 9.17) is 34.8 Å². The average molecular weight is 731 g/mol. The Kier molecular flexibility index (Phi) is 7.78. The van der Waals surface area contributed by atoms with Crippen molar-refractivity contribution in [2.75, 3.05) is 10.3 Å². The van der Waals surface area contributed by atoms with Crippen molar-refractivity contribution in [1.82, 2.24) is 5.01 Å². The SMILES string of the molecule is O=C1C2CC3C(=CCC4C(=O)N(c5ccc(Cl)cc5)C(=O)C43)C(c3ccc(O)cc3Cl)C2(c2ccc(Cl)cc2)C(=O)N1Nc1ccc(F)cc1. The number of rotatable bonds is 5. The molecule has 2 saturated heterocycles. The van der Waals surface area contributed by atoms with E-state index in [9.17, 15) is 23.9 Å².